The van der Waals surface area contributed by atoms with E-state index in [9.17, 15) is 0 Å². The monoisotopic (exact) mass is 1150 g/mol. The van der Waals surface area contributed by atoms with Crippen LogP contribution in [0.4, 0.5) is 51.2 Å². The fraction of sp³-hybridized carbons (Fsp3) is 0.494. The lowest BCUT2D eigenvalue weighted by atomic mass is 9.32. The number of anilines is 9. The quantitative estimate of drug-likeness (QED) is 0.159. The van der Waals surface area contributed by atoms with Crippen LogP contribution in [0.5, 0.6) is 0 Å². The lowest BCUT2D eigenvalue weighted by Crippen LogP contribution is -2.62. The number of nitrogens with zero attached hydrogens (tertiary/aromatic N) is 3. The summed E-state index contributed by atoms with van der Waals surface area (Å²) in [5, 5.41) is 0. The molecule has 0 amide bonds. The molecule has 452 valence electrons. The van der Waals surface area contributed by atoms with E-state index in [-0.39, 0.29) is 60.9 Å². The van der Waals surface area contributed by atoms with Crippen molar-refractivity contribution in [3.05, 3.63) is 176 Å². The molecule has 0 atom stereocenters. The molecule has 0 N–H and O–H groups in total. The van der Waals surface area contributed by atoms with Crippen LogP contribution in [0.15, 0.2) is 115 Å². The Balaban J connectivity index is 1.17. The molecule has 7 aromatic carbocycles. The van der Waals surface area contributed by atoms with Gasteiger partial charge in [0.15, 0.2) is 0 Å². The number of aryl methyl sites for hydroxylation is 1. The molecule has 2 heterocycles. The average Bonchev–Trinajstić information content (AvgIpc) is 0.691. The largest absolute Gasteiger partial charge is 0.311 e. The Kier molecular flexibility index (Phi) is 12.5. The number of hydrogen-bond donors (Lipinski definition) is 0. The zero-order valence-electron chi connectivity index (χ0n) is 57.5. The van der Waals surface area contributed by atoms with Gasteiger partial charge in [-0.3, -0.25) is 0 Å². The molecule has 0 spiro atoms. The summed E-state index contributed by atoms with van der Waals surface area (Å²) in [5.41, 5.74) is 32.4. The Labute approximate surface area is 526 Å². The Morgan fingerprint density at radius 3 is 0.977 bits per heavy atom. The second kappa shape index (κ2) is 18.6. The molecule has 7 aliphatic rings. The number of para-hydroxylation sites is 1. The summed E-state index contributed by atoms with van der Waals surface area (Å²) in [6.07, 6.45) is 11.7. The number of fused-ring (bicyclic) bond motifs is 9. The van der Waals surface area contributed by atoms with Crippen molar-refractivity contribution >= 4 is 74.3 Å². The molecule has 4 heteroatoms. The summed E-state index contributed by atoms with van der Waals surface area (Å²) < 4.78 is 0. The third-order valence-corrected chi connectivity index (χ3v) is 24.9. The van der Waals surface area contributed by atoms with Crippen LogP contribution in [0.3, 0.4) is 0 Å². The van der Waals surface area contributed by atoms with Gasteiger partial charge in [0, 0.05) is 45.5 Å². The first kappa shape index (κ1) is 58.7. The molecule has 3 nitrogen and oxygen atoms in total. The van der Waals surface area contributed by atoms with Gasteiger partial charge in [-0.2, -0.15) is 0 Å². The zero-order valence-corrected chi connectivity index (χ0v) is 57.5. The highest BCUT2D eigenvalue weighted by molar-refractivity contribution is 7.00. The van der Waals surface area contributed by atoms with Crippen LogP contribution in [0, 0.1) is 6.92 Å². The van der Waals surface area contributed by atoms with E-state index < -0.39 is 0 Å². The van der Waals surface area contributed by atoms with Crippen LogP contribution in [-0.4, -0.2) is 6.71 Å². The van der Waals surface area contributed by atoms with Gasteiger partial charge in [0.2, 0.25) is 0 Å². The molecule has 5 aliphatic carbocycles. The summed E-state index contributed by atoms with van der Waals surface area (Å²) in [6.45, 7) is 52.5. The van der Waals surface area contributed by atoms with Crippen LogP contribution in [0.2, 0.25) is 0 Å². The molecule has 87 heavy (non-hydrogen) atoms. The Bertz CT molecular complexity index is 3850. The maximum absolute atomic E-state index is 2.80. The Hall–Kier alpha value is -6.00. The van der Waals surface area contributed by atoms with E-state index in [1.807, 2.05) is 0 Å². The molecule has 14 rings (SSSR count). The van der Waals surface area contributed by atoms with Gasteiger partial charge in [-0.05, 0) is 270 Å². The Morgan fingerprint density at radius 2 is 0.609 bits per heavy atom. The minimum atomic E-state index is -0.0292. The van der Waals surface area contributed by atoms with E-state index in [1.54, 1.807) is 0 Å². The van der Waals surface area contributed by atoms with Gasteiger partial charge in [-0.1, -0.05) is 187 Å². The van der Waals surface area contributed by atoms with Gasteiger partial charge >= 0.3 is 0 Å². The molecular formula is C83H102BN3. The van der Waals surface area contributed by atoms with Crippen LogP contribution >= 0.6 is 0 Å². The molecule has 0 unspecified atom stereocenters. The van der Waals surface area contributed by atoms with Gasteiger partial charge in [0.05, 0.1) is 5.69 Å². The summed E-state index contributed by atoms with van der Waals surface area (Å²) in [4.78, 5) is 8.26. The number of hydrogen-bond acceptors (Lipinski definition) is 3. The van der Waals surface area contributed by atoms with E-state index in [0.717, 1.165) is 32.1 Å². The minimum absolute atomic E-state index is 0.00186. The highest BCUT2D eigenvalue weighted by Gasteiger charge is 2.51. The SMILES string of the molecule is Cc1cc2c(cc1N(c1ccccc1)c1cc3c4c(c1)N(c1ccc5c(c1)C(C)(C)CCC5(C)C)c1cc5c(cc1B4c1cc4c(cc1N3c1ccc3c(c1)C(C)(C)CCC3(C)C)C(C)(C)CCC4(C)C)C(C)(C)CCC5(C)C)C(C)(C)CCC2(C)C. The predicted octanol–water partition coefficient (Wildman–Crippen LogP) is 21.3. The van der Waals surface area contributed by atoms with E-state index in [1.165, 1.54) is 161 Å². The summed E-state index contributed by atoms with van der Waals surface area (Å²) in [6, 6.07) is 48.4. The molecule has 0 aromatic heterocycles. The molecule has 0 saturated heterocycles. The van der Waals surface area contributed by atoms with Crippen molar-refractivity contribution in [1.82, 2.24) is 0 Å². The van der Waals surface area contributed by atoms with Gasteiger partial charge in [-0.15, -0.1) is 0 Å². The van der Waals surface area contributed by atoms with Gasteiger partial charge in [0.1, 0.15) is 0 Å². The lowest BCUT2D eigenvalue weighted by molar-refractivity contribution is 0.332. The maximum Gasteiger partial charge on any atom is 0.252 e. The van der Waals surface area contributed by atoms with Crippen LogP contribution in [0.25, 0.3) is 0 Å². The van der Waals surface area contributed by atoms with Crippen LogP contribution < -0.4 is 31.1 Å². The van der Waals surface area contributed by atoms with Crippen LogP contribution in [0.1, 0.15) is 264 Å². The summed E-state index contributed by atoms with van der Waals surface area (Å²) in [5.74, 6) is 0. The summed E-state index contributed by atoms with van der Waals surface area (Å²) >= 11 is 0. The zero-order chi connectivity index (χ0) is 62.1. The topological polar surface area (TPSA) is 9.72 Å². The summed E-state index contributed by atoms with van der Waals surface area (Å²) in [7, 11) is 0. The predicted molar refractivity (Wildman–Crippen MR) is 376 cm³/mol. The van der Waals surface area contributed by atoms with Gasteiger partial charge in [-0.25, -0.2) is 0 Å². The molecule has 7 aromatic rings. The van der Waals surface area contributed by atoms with Crippen molar-refractivity contribution in [3.63, 3.8) is 0 Å². The van der Waals surface area contributed by atoms with Crippen molar-refractivity contribution in [2.45, 2.75) is 264 Å². The minimum Gasteiger partial charge on any atom is -0.311 e. The fourth-order valence-electron chi connectivity index (χ4n) is 18.2. The highest BCUT2D eigenvalue weighted by atomic mass is 15.2. The second-order valence-corrected chi connectivity index (χ2v) is 35.6. The number of rotatable bonds is 5. The van der Waals surface area contributed by atoms with E-state index in [2.05, 4.69) is 275 Å². The lowest BCUT2D eigenvalue weighted by Gasteiger charge is -2.49. The van der Waals surface area contributed by atoms with E-state index >= 15 is 0 Å². The third kappa shape index (κ3) is 8.81. The van der Waals surface area contributed by atoms with Crippen molar-refractivity contribution < 1.29 is 0 Å². The average molecular weight is 1150 g/mol. The first-order valence-corrected chi connectivity index (χ1v) is 33.9. The number of benzene rings is 7. The molecule has 2 aliphatic heterocycles. The first-order valence-electron chi connectivity index (χ1n) is 33.9. The normalized spacial score (nSPS) is 22.5. The van der Waals surface area contributed by atoms with Crippen LogP contribution in [-0.2, 0) is 54.1 Å². The molecule has 0 radical (unpaired) electrons. The van der Waals surface area contributed by atoms with E-state index in [0.29, 0.717) is 0 Å². The molecule has 0 fully saturated rings. The first-order chi connectivity index (χ1) is 40.4. The van der Waals surface area contributed by atoms with Crippen molar-refractivity contribution in [2.75, 3.05) is 14.7 Å². The van der Waals surface area contributed by atoms with Gasteiger partial charge in [0.25, 0.3) is 6.71 Å². The van der Waals surface area contributed by atoms with Crippen molar-refractivity contribution in [3.8, 4) is 0 Å². The second-order valence-electron chi connectivity index (χ2n) is 35.6. The molecule has 0 bridgehead atoms. The fourth-order valence-corrected chi connectivity index (χ4v) is 18.2. The van der Waals surface area contributed by atoms with E-state index in [4.69, 9.17) is 0 Å². The van der Waals surface area contributed by atoms with Crippen molar-refractivity contribution in [1.29, 1.82) is 0 Å². The standard InChI is InChI=1S/C83H102BN3/c1-51-41-58-63(81(16,17)38-35-76(58,6)7)48-68(51)85(52-25-23-22-24-26-52)55-44-71-73-72(45-55)87(54-28-30-57-60(43-54)78(10,11)34-32-75(57,4)5)70-50-65-62(80(14,15)37-40-83(65,20)21)47-67(70)84(73)66-46-61-64(82(18,19)39-36-79(61,12)13)49-69(66)86(71)53-27-29-56-59(42-53)77(8,9)33-31-74(56,2)3/h22-30,41-50H,31-40H2,1-21H3. The van der Waals surface area contributed by atoms with Crippen molar-refractivity contribution in [2.24, 2.45) is 0 Å². The molecule has 0 saturated carbocycles. The highest BCUT2D eigenvalue weighted by Crippen LogP contribution is 2.58. The van der Waals surface area contributed by atoms with Gasteiger partial charge < -0.3 is 14.7 Å². The smallest absolute Gasteiger partial charge is 0.252 e. The Morgan fingerprint density at radius 1 is 0.299 bits per heavy atom. The maximum atomic E-state index is 2.80. The molecular weight excluding hydrogens is 1050 g/mol. The third-order valence-electron chi connectivity index (χ3n) is 24.9.